The Morgan fingerprint density at radius 1 is 1.27 bits per heavy atom. The molecule has 0 fully saturated rings. The molecule has 1 aromatic heterocycles. The first kappa shape index (κ1) is 17.9. The van der Waals surface area contributed by atoms with Crippen molar-refractivity contribution in [1.82, 2.24) is 15.6 Å². The van der Waals surface area contributed by atoms with E-state index in [4.69, 9.17) is 4.74 Å². The third kappa shape index (κ3) is 7.61. The number of carbonyl (C=O) groups is 2. The highest BCUT2D eigenvalue weighted by Crippen LogP contribution is 2.08. The summed E-state index contributed by atoms with van der Waals surface area (Å²) in [7, 11) is 0. The van der Waals surface area contributed by atoms with Crippen molar-refractivity contribution in [2.24, 2.45) is 0 Å². The second-order valence-electron chi connectivity index (χ2n) is 6.09. The van der Waals surface area contributed by atoms with Gasteiger partial charge in [0, 0.05) is 31.4 Å². The summed E-state index contributed by atoms with van der Waals surface area (Å²) in [6.45, 7) is 7.77. The molecule has 0 radical (unpaired) electrons. The molecule has 2 amide bonds. The van der Waals surface area contributed by atoms with Gasteiger partial charge in [-0.15, -0.1) is 0 Å². The molecule has 0 saturated carbocycles. The summed E-state index contributed by atoms with van der Waals surface area (Å²) in [6, 6.07) is 3.44. The van der Waals surface area contributed by atoms with E-state index >= 15 is 0 Å². The molecule has 0 aliphatic rings. The highest BCUT2D eigenvalue weighted by atomic mass is 16.6. The van der Waals surface area contributed by atoms with Crippen LogP contribution < -0.4 is 10.6 Å². The molecule has 0 aromatic carbocycles. The highest BCUT2D eigenvalue weighted by Gasteiger charge is 2.20. The lowest BCUT2D eigenvalue weighted by atomic mass is 10.1. The van der Waals surface area contributed by atoms with Crippen molar-refractivity contribution in [1.29, 1.82) is 0 Å². The van der Waals surface area contributed by atoms with Gasteiger partial charge in [-0.1, -0.05) is 6.92 Å². The van der Waals surface area contributed by atoms with Gasteiger partial charge >= 0.3 is 6.09 Å². The van der Waals surface area contributed by atoms with Crippen LogP contribution in [0.3, 0.4) is 0 Å². The van der Waals surface area contributed by atoms with E-state index in [-0.39, 0.29) is 18.4 Å². The summed E-state index contributed by atoms with van der Waals surface area (Å²) in [5, 5.41) is 5.55. The van der Waals surface area contributed by atoms with E-state index in [1.54, 1.807) is 33.2 Å². The Balaban J connectivity index is 2.38. The van der Waals surface area contributed by atoms with E-state index in [2.05, 4.69) is 15.6 Å². The van der Waals surface area contributed by atoms with E-state index in [9.17, 15) is 9.59 Å². The summed E-state index contributed by atoms with van der Waals surface area (Å²) in [4.78, 5) is 27.6. The number of aromatic nitrogens is 1. The van der Waals surface area contributed by atoms with Gasteiger partial charge < -0.3 is 15.4 Å². The summed E-state index contributed by atoms with van der Waals surface area (Å²) >= 11 is 0. The Morgan fingerprint density at radius 2 is 1.91 bits per heavy atom. The molecule has 22 heavy (non-hydrogen) atoms. The minimum absolute atomic E-state index is 0.111. The van der Waals surface area contributed by atoms with Gasteiger partial charge in [0.25, 0.3) is 0 Å². The van der Waals surface area contributed by atoms with Crippen LogP contribution in [-0.2, 0) is 16.1 Å². The molecule has 1 heterocycles. The zero-order chi connectivity index (χ0) is 16.6. The number of hydrogen-bond donors (Lipinski definition) is 2. The molecule has 122 valence electrons. The van der Waals surface area contributed by atoms with Crippen molar-refractivity contribution in [3.05, 3.63) is 30.1 Å². The lowest BCUT2D eigenvalue weighted by Crippen LogP contribution is -2.41. The molecule has 0 spiro atoms. The average molecular weight is 307 g/mol. The number of nitrogens with one attached hydrogen (secondary N) is 2. The zero-order valence-electron chi connectivity index (χ0n) is 13.7. The molecule has 0 saturated heterocycles. The van der Waals surface area contributed by atoms with Crippen LogP contribution in [-0.4, -0.2) is 28.6 Å². The van der Waals surface area contributed by atoms with Gasteiger partial charge in [0.05, 0.1) is 0 Å². The van der Waals surface area contributed by atoms with Crippen molar-refractivity contribution < 1.29 is 14.3 Å². The first-order chi connectivity index (χ1) is 10.3. The Morgan fingerprint density at radius 3 is 2.45 bits per heavy atom. The largest absolute Gasteiger partial charge is 0.444 e. The van der Waals surface area contributed by atoms with E-state index in [1.165, 1.54) is 0 Å². The van der Waals surface area contributed by atoms with Gasteiger partial charge in [-0.3, -0.25) is 9.78 Å². The van der Waals surface area contributed by atoms with Crippen molar-refractivity contribution in [3.8, 4) is 0 Å². The summed E-state index contributed by atoms with van der Waals surface area (Å²) in [5.74, 6) is -0.111. The summed E-state index contributed by atoms with van der Waals surface area (Å²) < 4.78 is 5.19. The smallest absolute Gasteiger partial charge is 0.407 e. The van der Waals surface area contributed by atoms with Gasteiger partial charge in [0.2, 0.25) is 5.91 Å². The fraction of sp³-hybridized carbons (Fsp3) is 0.562. The van der Waals surface area contributed by atoms with E-state index in [0.29, 0.717) is 13.0 Å². The number of nitrogens with zero attached hydrogens (tertiary/aromatic N) is 1. The number of rotatable bonds is 6. The first-order valence-electron chi connectivity index (χ1n) is 7.45. The van der Waals surface area contributed by atoms with Crippen LogP contribution in [0.15, 0.2) is 24.5 Å². The first-order valence-corrected chi connectivity index (χ1v) is 7.45. The maximum Gasteiger partial charge on any atom is 0.407 e. The minimum Gasteiger partial charge on any atom is -0.444 e. The zero-order valence-corrected chi connectivity index (χ0v) is 13.7. The number of hydrogen-bond acceptors (Lipinski definition) is 4. The predicted octanol–water partition coefficient (Wildman–Crippen LogP) is 2.39. The van der Waals surface area contributed by atoms with Crippen LogP contribution in [0.4, 0.5) is 4.79 Å². The van der Waals surface area contributed by atoms with Gasteiger partial charge in [-0.05, 0) is 44.9 Å². The van der Waals surface area contributed by atoms with Crippen LogP contribution in [0.5, 0.6) is 0 Å². The number of amides is 2. The summed E-state index contributed by atoms with van der Waals surface area (Å²) in [5.41, 5.74) is 0.433. The van der Waals surface area contributed by atoms with Gasteiger partial charge in [-0.25, -0.2) is 4.79 Å². The van der Waals surface area contributed by atoms with E-state index in [0.717, 1.165) is 5.56 Å². The molecule has 6 nitrogen and oxygen atoms in total. The van der Waals surface area contributed by atoms with Crippen molar-refractivity contribution in [2.45, 2.75) is 58.7 Å². The van der Waals surface area contributed by atoms with Crippen LogP contribution in [0.2, 0.25) is 0 Å². The Kier molecular flexibility index (Phi) is 6.82. The van der Waals surface area contributed by atoms with Gasteiger partial charge in [0.1, 0.15) is 5.60 Å². The molecule has 1 unspecified atom stereocenters. The van der Waals surface area contributed by atoms with Crippen molar-refractivity contribution in [3.63, 3.8) is 0 Å². The lowest BCUT2D eigenvalue weighted by Gasteiger charge is -2.22. The molecule has 1 atom stereocenters. The second kappa shape index (κ2) is 8.36. The third-order valence-corrected chi connectivity index (χ3v) is 2.88. The third-order valence-electron chi connectivity index (χ3n) is 2.88. The molecule has 0 aliphatic carbocycles. The normalized spacial score (nSPS) is 12.4. The molecule has 0 aliphatic heterocycles. The van der Waals surface area contributed by atoms with Crippen LogP contribution in [0.25, 0.3) is 0 Å². The second-order valence-corrected chi connectivity index (χ2v) is 6.09. The van der Waals surface area contributed by atoms with Gasteiger partial charge in [-0.2, -0.15) is 0 Å². The minimum atomic E-state index is -0.550. The van der Waals surface area contributed by atoms with Crippen LogP contribution in [0.1, 0.15) is 46.1 Å². The average Bonchev–Trinajstić information content (AvgIpc) is 2.43. The van der Waals surface area contributed by atoms with Crippen LogP contribution in [0, 0.1) is 0 Å². The highest BCUT2D eigenvalue weighted by molar-refractivity contribution is 5.77. The predicted molar refractivity (Wildman–Crippen MR) is 84.1 cm³/mol. The molecule has 1 aromatic rings. The maximum atomic E-state index is 11.9. The molecule has 6 heteroatoms. The Bertz CT molecular complexity index is 483. The SMILES string of the molecule is CCC(CC(=O)NCc1ccncc1)NC(=O)OC(C)(C)C. The maximum absolute atomic E-state index is 11.9. The van der Waals surface area contributed by atoms with Gasteiger partial charge in [0.15, 0.2) is 0 Å². The molecular weight excluding hydrogens is 282 g/mol. The quantitative estimate of drug-likeness (QED) is 0.845. The Labute approximate surface area is 131 Å². The molecule has 2 N–H and O–H groups in total. The number of ether oxygens (including phenoxy) is 1. The molecule has 1 rings (SSSR count). The summed E-state index contributed by atoms with van der Waals surface area (Å²) in [6.07, 6.45) is 3.74. The molecular formula is C16H25N3O3. The van der Waals surface area contributed by atoms with E-state index in [1.807, 2.05) is 19.1 Å². The monoisotopic (exact) mass is 307 g/mol. The van der Waals surface area contributed by atoms with E-state index < -0.39 is 11.7 Å². The van der Waals surface area contributed by atoms with Crippen LogP contribution >= 0.6 is 0 Å². The fourth-order valence-corrected chi connectivity index (χ4v) is 1.77. The topological polar surface area (TPSA) is 80.3 Å². The lowest BCUT2D eigenvalue weighted by molar-refractivity contribution is -0.121. The van der Waals surface area contributed by atoms with Crippen molar-refractivity contribution in [2.75, 3.05) is 0 Å². The standard InChI is InChI=1S/C16H25N3O3/c1-5-13(19-15(21)22-16(2,3)4)10-14(20)18-11-12-6-8-17-9-7-12/h6-9,13H,5,10-11H2,1-4H3,(H,18,20)(H,19,21). The fourth-order valence-electron chi connectivity index (χ4n) is 1.77. The molecule has 0 bridgehead atoms. The number of alkyl carbamates (subject to hydrolysis) is 1. The Hall–Kier alpha value is -2.11. The number of carbonyl (C=O) groups excluding carboxylic acids is 2. The number of pyridine rings is 1. The van der Waals surface area contributed by atoms with Crippen molar-refractivity contribution >= 4 is 12.0 Å².